The van der Waals surface area contributed by atoms with Crippen LogP contribution in [-0.4, -0.2) is 52.3 Å². The molecule has 3 aliphatic heterocycles. The molecule has 0 spiro atoms. The smallest absolute Gasteiger partial charge is 0.332 e. The number of hydrogen-bond acceptors (Lipinski definition) is 4. The number of piperazine rings is 1. The molecule has 3 heterocycles. The van der Waals surface area contributed by atoms with Gasteiger partial charge in [-0.25, -0.2) is 9.69 Å². The number of halogens is 1. The van der Waals surface area contributed by atoms with Gasteiger partial charge in [-0.3, -0.25) is 9.59 Å². The standard InChI is InChI=1S/C29H23ClN4O3/c1-17-22(13-12-20(15-31)25(17)30)34-28(36)26-23-14-21(33(26)29(34)37)16-32(23)27(35)24(18-8-4-2-5-9-18)19-10-6-3-7-11-19/h2-13,21,23-24,26H,14,16H2,1H3/t21?,23?,26-/m1/s1. The number of carbonyl (C=O) groups excluding carboxylic acids is 3. The molecule has 184 valence electrons. The average Bonchev–Trinajstić information content (AvgIpc) is 3.59. The number of anilines is 1. The molecule has 0 N–H and O–H groups in total. The molecular formula is C29H23ClN4O3. The second-order valence-corrected chi connectivity index (χ2v) is 10.1. The average molecular weight is 511 g/mol. The molecule has 37 heavy (non-hydrogen) atoms. The van der Waals surface area contributed by atoms with Gasteiger partial charge < -0.3 is 9.80 Å². The van der Waals surface area contributed by atoms with Crippen LogP contribution in [0.4, 0.5) is 10.5 Å². The third-order valence-electron chi connectivity index (χ3n) is 7.78. The Bertz CT molecular complexity index is 1430. The van der Waals surface area contributed by atoms with Gasteiger partial charge in [0.15, 0.2) is 0 Å². The first-order valence-electron chi connectivity index (χ1n) is 12.2. The number of carbonyl (C=O) groups is 3. The maximum atomic E-state index is 14.1. The second-order valence-electron chi connectivity index (χ2n) is 9.69. The van der Waals surface area contributed by atoms with Gasteiger partial charge in [0.25, 0.3) is 5.91 Å². The number of nitrogens with zero attached hydrogens (tertiary/aromatic N) is 4. The summed E-state index contributed by atoms with van der Waals surface area (Å²) >= 11 is 6.34. The quantitative estimate of drug-likeness (QED) is 0.485. The zero-order valence-corrected chi connectivity index (χ0v) is 20.8. The Morgan fingerprint density at radius 2 is 1.62 bits per heavy atom. The van der Waals surface area contributed by atoms with E-state index in [0.29, 0.717) is 24.2 Å². The van der Waals surface area contributed by atoms with E-state index in [1.807, 2.05) is 66.7 Å². The van der Waals surface area contributed by atoms with Crippen LogP contribution in [0.2, 0.25) is 5.02 Å². The molecule has 0 aromatic heterocycles. The van der Waals surface area contributed by atoms with Crippen molar-refractivity contribution in [2.45, 2.75) is 37.4 Å². The van der Waals surface area contributed by atoms with Gasteiger partial charge in [-0.15, -0.1) is 0 Å². The van der Waals surface area contributed by atoms with Gasteiger partial charge in [0, 0.05) is 6.54 Å². The van der Waals surface area contributed by atoms with Crippen LogP contribution >= 0.6 is 11.6 Å². The summed E-state index contributed by atoms with van der Waals surface area (Å²) in [4.78, 5) is 45.8. The van der Waals surface area contributed by atoms with E-state index >= 15 is 0 Å². The number of nitriles is 1. The van der Waals surface area contributed by atoms with Crippen molar-refractivity contribution in [2.24, 2.45) is 0 Å². The minimum absolute atomic E-state index is 0.0687. The Kier molecular flexibility index (Phi) is 5.50. The van der Waals surface area contributed by atoms with Crippen LogP contribution in [0.15, 0.2) is 72.8 Å². The third-order valence-corrected chi connectivity index (χ3v) is 8.27. The van der Waals surface area contributed by atoms with Crippen LogP contribution in [0, 0.1) is 18.3 Å². The van der Waals surface area contributed by atoms with Crippen LogP contribution < -0.4 is 4.90 Å². The lowest BCUT2D eigenvalue weighted by atomic mass is 9.89. The molecule has 3 aromatic carbocycles. The number of likely N-dealkylation sites (tertiary alicyclic amines) is 1. The van der Waals surface area contributed by atoms with Crippen LogP contribution in [-0.2, 0) is 9.59 Å². The molecule has 3 aliphatic rings. The van der Waals surface area contributed by atoms with Crippen molar-refractivity contribution in [2.75, 3.05) is 11.4 Å². The zero-order chi connectivity index (χ0) is 25.8. The first-order chi connectivity index (χ1) is 17.9. The summed E-state index contributed by atoms with van der Waals surface area (Å²) in [5, 5.41) is 9.50. The van der Waals surface area contributed by atoms with Crippen molar-refractivity contribution < 1.29 is 14.4 Å². The highest BCUT2D eigenvalue weighted by Crippen LogP contribution is 2.45. The van der Waals surface area contributed by atoms with Gasteiger partial charge >= 0.3 is 6.03 Å². The molecule has 8 heteroatoms. The minimum Gasteiger partial charge on any atom is -0.334 e. The third kappa shape index (κ3) is 3.44. The van der Waals surface area contributed by atoms with E-state index in [9.17, 15) is 19.6 Å². The summed E-state index contributed by atoms with van der Waals surface area (Å²) in [5.41, 5.74) is 2.93. The molecule has 0 saturated carbocycles. The predicted octanol–water partition coefficient (Wildman–Crippen LogP) is 4.47. The number of urea groups is 1. The van der Waals surface area contributed by atoms with E-state index in [-0.39, 0.29) is 28.4 Å². The van der Waals surface area contributed by atoms with Crippen LogP contribution in [0.3, 0.4) is 0 Å². The number of fused-ring (bicyclic) bond motifs is 5. The first kappa shape index (κ1) is 23.3. The molecular weight excluding hydrogens is 488 g/mol. The van der Waals surface area contributed by atoms with Gasteiger partial charge in [0.2, 0.25) is 5.91 Å². The lowest BCUT2D eigenvalue weighted by Crippen LogP contribution is -2.55. The summed E-state index contributed by atoms with van der Waals surface area (Å²) in [5.74, 6) is -0.936. The Hall–Kier alpha value is -4.15. The minimum atomic E-state index is -0.740. The predicted molar refractivity (Wildman–Crippen MR) is 138 cm³/mol. The Morgan fingerprint density at radius 1 is 1.00 bits per heavy atom. The van der Waals surface area contributed by atoms with Crippen LogP contribution in [0.25, 0.3) is 0 Å². The highest BCUT2D eigenvalue weighted by molar-refractivity contribution is 6.33. The van der Waals surface area contributed by atoms with Gasteiger partial charge in [0.05, 0.1) is 34.3 Å². The molecule has 2 unspecified atom stereocenters. The van der Waals surface area contributed by atoms with Gasteiger partial charge in [-0.2, -0.15) is 5.26 Å². The molecule has 7 nitrogen and oxygen atoms in total. The molecule has 0 radical (unpaired) electrons. The molecule has 4 amide bonds. The van der Waals surface area contributed by atoms with Crippen LogP contribution in [0.5, 0.6) is 0 Å². The van der Waals surface area contributed by atoms with Crippen LogP contribution in [0.1, 0.15) is 34.6 Å². The first-order valence-corrected chi connectivity index (χ1v) is 12.6. The summed E-state index contributed by atoms with van der Waals surface area (Å²) < 4.78 is 0. The van der Waals surface area contributed by atoms with E-state index in [2.05, 4.69) is 0 Å². The van der Waals surface area contributed by atoms with Crippen molar-refractivity contribution in [3.8, 4) is 6.07 Å². The number of rotatable bonds is 4. The van der Waals surface area contributed by atoms with E-state index in [1.165, 1.54) is 6.07 Å². The molecule has 3 aromatic rings. The molecule has 6 rings (SSSR count). The normalized spacial score (nSPS) is 22.1. The molecule has 3 atom stereocenters. The fourth-order valence-corrected chi connectivity index (χ4v) is 6.27. The van der Waals surface area contributed by atoms with E-state index in [4.69, 9.17) is 11.6 Å². The SMILES string of the molecule is Cc1c(N2C(=O)[C@H]3C4CC(CN4C(=O)C(c4ccccc4)c4ccccc4)N3C2=O)ccc(C#N)c1Cl. The topological polar surface area (TPSA) is 84.7 Å². The summed E-state index contributed by atoms with van der Waals surface area (Å²) in [6.45, 7) is 2.08. The van der Waals surface area contributed by atoms with E-state index in [1.54, 1.807) is 22.8 Å². The second kappa shape index (κ2) is 8.75. The summed E-state index contributed by atoms with van der Waals surface area (Å²) in [6, 6.07) is 22.6. The fourth-order valence-electron chi connectivity index (χ4n) is 6.07. The summed E-state index contributed by atoms with van der Waals surface area (Å²) in [6.07, 6.45) is 0.575. The van der Waals surface area contributed by atoms with Crippen molar-refractivity contribution in [3.05, 3.63) is 100 Å². The highest BCUT2D eigenvalue weighted by atomic mass is 35.5. The van der Waals surface area contributed by atoms with Gasteiger partial charge in [-0.1, -0.05) is 72.3 Å². The Labute approximate surface area is 219 Å². The number of imide groups is 1. The van der Waals surface area contributed by atoms with Crippen molar-refractivity contribution in [1.82, 2.24) is 9.80 Å². The Morgan fingerprint density at radius 3 is 2.22 bits per heavy atom. The molecule has 3 fully saturated rings. The lowest BCUT2D eigenvalue weighted by molar-refractivity contribution is -0.136. The van der Waals surface area contributed by atoms with Gasteiger partial charge in [0.1, 0.15) is 12.1 Å². The maximum Gasteiger partial charge on any atom is 0.332 e. The number of benzene rings is 3. The number of amides is 4. The highest BCUT2D eigenvalue weighted by Gasteiger charge is 2.63. The summed E-state index contributed by atoms with van der Waals surface area (Å²) in [7, 11) is 0. The van der Waals surface area contributed by atoms with E-state index < -0.39 is 24.0 Å². The fraction of sp³-hybridized carbons (Fsp3) is 0.241. The maximum absolute atomic E-state index is 14.1. The number of hydrogen-bond donors (Lipinski definition) is 0. The largest absolute Gasteiger partial charge is 0.334 e. The van der Waals surface area contributed by atoms with Gasteiger partial charge in [-0.05, 0) is 42.2 Å². The Balaban J connectivity index is 1.34. The molecule has 2 bridgehead atoms. The van der Waals surface area contributed by atoms with Crippen molar-refractivity contribution in [3.63, 3.8) is 0 Å². The van der Waals surface area contributed by atoms with Crippen molar-refractivity contribution >= 4 is 35.1 Å². The zero-order valence-electron chi connectivity index (χ0n) is 20.0. The van der Waals surface area contributed by atoms with E-state index in [0.717, 1.165) is 16.0 Å². The lowest BCUT2D eigenvalue weighted by Gasteiger charge is -2.37. The monoisotopic (exact) mass is 510 g/mol. The molecule has 0 aliphatic carbocycles. The van der Waals surface area contributed by atoms with Crippen molar-refractivity contribution in [1.29, 1.82) is 5.26 Å². The molecule has 3 saturated heterocycles.